The van der Waals surface area contributed by atoms with Crippen LogP contribution in [0, 0.1) is 11.6 Å². The van der Waals surface area contributed by atoms with Gasteiger partial charge in [0.15, 0.2) is 0 Å². The molecule has 1 aliphatic heterocycles. The summed E-state index contributed by atoms with van der Waals surface area (Å²) in [5.41, 5.74) is 2.58. The molecule has 0 bridgehead atoms. The van der Waals surface area contributed by atoms with E-state index in [1.165, 1.54) is 12.1 Å². The number of aliphatic hydroxyl groups excluding tert-OH is 1. The highest BCUT2D eigenvalue weighted by atomic mass is 35.5. The average molecular weight is 416 g/mol. The summed E-state index contributed by atoms with van der Waals surface area (Å²) in [6, 6.07) is 14.4. The quantitative estimate of drug-likeness (QED) is 0.568. The molecular weight excluding hydrogens is 400 g/mol. The summed E-state index contributed by atoms with van der Waals surface area (Å²) < 4.78 is 27.9. The molecule has 0 saturated heterocycles. The second-order valence-electron chi connectivity index (χ2n) is 6.51. The molecule has 1 N–H and O–H groups in total. The predicted octanol–water partition coefficient (Wildman–Crippen LogP) is 5.99. The monoisotopic (exact) mass is 415 g/mol. The van der Waals surface area contributed by atoms with Crippen molar-refractivity contribution < 1.29 is 13.9 Å². The second-order valence-corrected chi connectivity index (χ2v) is 7.98. The maximum Gasteiger partial charge on any atom is 0.129 e. The molecule has 0 radical (unpaired) electrons. The molecule has 0 saturated carbocycles. The smallest absolute Gasteiger partial charge is 0.129 e. The van der Waals surface area contributed by atoms with Crippen LogP contribution in [0.25, 0.3) is 4.91 Å². The summed E-state index contributed by atoms with van der Waals surface area (Å²) in [5.74, 6) is -1.07. The molecule has 6 heteroatoms. The van der Waals surface area contributed by atoms with Crippen molar-refractivity contribution in [2.75, 3.05) is 5.75 Å². The first kappa shape index (κ1) is 19.1. The fourth-order valence-electron chi connectivity index (χ4n) is 3.42. The highest BCUT2D eigenvalue weighted by Crippen LogP contribution is 2.51. The minimum atomic E-state index is -0.955. The predicted molar refractivity (Wildman–Crippen MR) is 109 cm³/mol. The molecule has 2 aromatic carbocycles. The van der Waals surface area contributed by atoms with E-state index >= 15 is 0 Å². The third kappa shape index (κ3) is 3.70. The van der Waals surface area contributed by atoms with Gasteiger partial charge in [-0.05, 0) is 41.0 Å². The van der Waals surface area contributed by atoms with Crippen molar-refractivity contribution in [3.63, 3.8) is 0 Å². The van der Waals surface area contributed by atoms with E-state index in [0.29, 0.717) is 27.5 Å². The average Bonchev–Trinajstić information content (AvgIpc) is 3.13. The van der Waals surface area contributed by atoms with Gasteiger partial charge < -0.3 is 5.11 Å². The normalized spacial score (nSPS) is 17.8. The van der Waals surface area contributed by atoms with Crippen molar-refractivity contribution in [2.45, 2.75) is 12.0 Å². The lowest BCUT2D eigenvalue weighted by Gasteiger charge is -2.22. The Morgan fingerprint density at radius 1 is 1.11 bits per heavy atom. The van der Waals surface area contributed by atoms with Crippen LogP contribution >= 0.6 is 23.4 Å². The number of aliphatic hydroxyl groups is 1. The van der Waals surface area contributed by atoms with Gasteiger partial charge in [-0.3, -0.25) is 4.98 Å². The first-order chi connectivity index (χ1) is 13.5. The van der Waals surface area contributed by atoms with E-state index in [4.69, 9.17) is 11.6 Å². The number of aromatic nitrogens is 1. The van der Waals surface area contributed by atoms with Gasteiger partial charge in [0.05, 0.1) is 0 Å². The van der Waals surface area contributed by atoms with Gasteiger partial charge >= 0.3 is 0 Å². The highest BCUT2D eigenvalue weighted by molar-refractivity contribution is 8.08. The Balaban J connectivity index is 1.86. The molecule has 0 spiro atoms. The van der Waals surface area contributed by atoms with E-state index < -0.39 is 17.7 Å². The van der Waals surface area contributed by atoms with Crippen LogP contribution in [-0.4, -0.2) is 15.8 Å². The van der Waals surface area contributed by atoms with Crippen LogP contribution in [-0.2, 0) is 0 Å². The van der Waals surface area contributed by atoms with E-state index in [1.54, 1.807) is 48.4 Å². The highest BCUT2D eigenvalue weighted by Gasteiger charge is 2.35. The number of pyridine rings is 1. The first-order valence-electron chi connectivity index (χ1n) is 8.70. The summed E-state index contributed by atoms with van der Waals surface area (Å²) >= 11 is 7.55. The Bertz CT molecular complexity index is 1020. The molecule has 3 aromatic rings. The number of halogens is 3. The Kier molecular flexibility index (Phi) is 5.49. The molecule has 4 rings (SSSR count). The molecule has 0 amide bonds. The summed E-state index contributed by atoms with van der Waals surface area (Å²) in [6.45, 7) is 0. The third-order valence-electron chi connectivity index (χ3n) is 4.77. The molecule has 1 aromatic heterocycles. The molecule has 2 atom stereocenters. The summed E-state index contributed by atoms with van der Waals surface area (Å²) in [5, 5.41) is 11.8. The maximum atomic E-state index is 14.5. The second kappa shape index (κ2) is 8.03. The number of hydrogen-bond acceptors (Lipinski definition) is 3. The molecule has 0 fully saturated rings. The van der Waals surface area contributed by atoms with Crippen molar-refractivity contribution in [3.8, 4) is 0 Å². The minimum absolute atomic E-state index is 0.371. The SMILES string of the molecule is OC(C1=C(c2ccc(Cl)cc2)SCC1c1ccc(F)cc1F)c1cccnc1. The van der Waals surface area contributed by atoms with Gasteiger partial charge in [0.25, 0.3) is 0 Å². The van der Waals surface area contributed by atoms with Crippen LogP contribution in [0.3, 0.4) is 0 Å². The Hall–Kier alpha value is -2.21. The van der Waals surface area contributed by atoms with Crippen molar-refractivity contribution in [3.05, 3.63) is 106 Å². The standard InChI is InChI=1S/C22H16ClF2NOS/c23-15-5-3-13(4-6-15)22-20(21(27)14-2-1-9-26-11-14)18(12-28-22)17-8-7-16(24)10-19(17)25/h1-11,18,21,27H,12H2. The Morgan fingerprint density at radius 3 is 2.57 bits per heavy atom. The number of hydrogen-bond donors (Lipinski definition) is 1. The maximum absolute atomic E-state index is 14.5. The number of thioether (sulfide) groups is 1. The van der Waals surface area contributed by atoms with Crippen LogP contribution in [0.2, 0.25) is 5.02 Å². The molecule has 142 valence electrons. The Morgan fingerprint density at radius 2 is 1.89 bits per heavy atom. The minimum Gasteiger partial charge on any atom is -0.384 e. The first-order valence-corrected chi connectivity index (χ1v) is 10.1. The lowest BCUT2D eigenvalue weighted by Crippen LogP contribution is -2.12. The molecule has 2 heterocycles. The van der Waals surface area contributed by atoms with Gasteiger partial charge in [-0.15, -0.1) is 11.8 Å². The molecule has 28 heavy (non-hydrogen) atoms. The number of nitrogens with zero attached hydrogens (tertiary/aromatic N) is 1. The van der Waals surface area contributed by atoms with Crippen LogP contribution in [0.5, 0.6) is 0 Å². The molecule has 2 nitrogen and oxygen atoms in total. The molecular formula is C22H16ClF2NOS. The summed E-state index contributed by atoms with van der Waals surface area (Å²) in [4.78, 5) is 4.96. The van der Waals surface area contributed by atoms with E-state index in [9.17, 15) is 13.9 Å². The molecule has 0 aliphatic carbocycles. The van der Waals surface area contributed by atoms with E-state index in [-0.39, 0.29) is 5.92 Å². The van der Waals surface area contributed by atoms with Gasteiger partial charge in [0.2, 0.25) is 0 Å². The lowest BCUT2D eigenvalue weighted by molar-refractivity contribution is 0.210. The van der Waals surface area contributed by atoms with E-state index in [2.05, 4.69) is 4.98 Å². The molecule has 2 unspecified atom stereocenters. The zero-order chi connectivity index (χ0) is 19.7. The van der Waals surface area contributed by atoms with Crippen molar-refractivity contribution >= 4 is 28.3 Å². The van der Waals surface area contributed by atoms with E-state index in [0.717, 1.165) is 16.5 Å². The zero-order valence-corrected chi connectivity index (χ0v) is 16.2. The van der Waals surface area contributed by atoms with Crippen LogP contribution in [0.15, 0.2) is 72.6 Å². The van der Waals surface area contributed by atoms with Crippen LogP contribution in [0.4, 0.5) is 8.78 Å². The fraction of sp³-hybridized carbons (Fsp3) is 0.136. The largest absolute Gasteiger partial charge is 0.384 e. The molecule has 1 aliphatic rings. The van der Waals surface area contributed by atoms with Crippen molar-refractivity contribution in [1.29, 1.82) is 0 Å². The van der Waals surface area contributed by atoms with Crippen LogP contribution in [0.1, 0.15) is 28.7 Å². The van der Waals surface area contributed by atoms with Gasteiger partial charge in [-0.2, -0.15) is 0 Å². The van der Waals surface area contributed by atoms with Gasteiger partial charge in [-0.1, -0.05) is 35.9 Å². The number of rotatable bonds is 4. The topological polar surface area (TPSA) is 33.1 Å². The number of benzene rings is 2. The lowest BCUT2D eigenvalue weighted by atomic mass is 9.85. The van der Waals surface area contributed by atoms with Crippen molar-refractivity contribution in [1.82, 2.24) is 4.98 Å². The summed E-state index contributed by atoms with van der Waals surface area (Å²) in [7, 11) is 0. The Labute approximate surface area is 170 Å². The third-order valence-corrected chi connectivity index (χ3v) is 6.28. The van der Waals surface area contributed by atoms with Crippen molar-refractivity contribution in [2.24, 2.45) is 0 Å². The fourth-order valence-corrected chi connectivity index (χ4v) is 4.96. The van der Waals surface area contributed by atoms with Crippen LogP contribution < -0.4 is 0 Å². The van der Waals surface area contributed by atoms with E-state index in [1.807, 2.05) is 12.1 Å². The van der Waals surface area contributed by atoms with Gasteiger partial charge in [-0.25, -0.2) is 8.78 Å². The van der Waals surface area contributed by atoms with Gasteiger partial charge in [0, 0.05) is 45.6 Å². The van der Waals surface area contributed by atoms with Gasteiger partial charge in [0.1, 0.15) is 17.7 Å². The zero-order valence-electron chi connectivity index (χ0n) is 14.6. The summed E-state index contributed by atoms with van der Waals surface area (Å²) in [6.07, 6.45) is 2.27.